The third-order valence-electron chi connectivity index (χ3n) is 1.98. The van der Waals surface area contributed by atoms with E-state index >= 15 is 0 Å². The second-order valence-corrected chi connectivity index (χ2v) is 3.11. The summed E-state index contributed by atoms with van der Waals surface area (Å²) in [6, 6.07) is 0. The van der Waals surface area contributed by atoms with Crippen LogP contribution >= 0.6 is 0 Å². The molecule has 18 heavy (non-hydrogen) atoms. The molecular formula is C8H6N6O4. The van der Waals surface area contributed by atoms with E-state index in [1.807, 2.05) is 0 Å². The standard InChI is InChI=1S/C8H6N6O4/c1(7-10-2-12-16-7)6(8-11-3-13-17-8)18-14-4-9-5-15-14/h2-3,5-6H,1H2. The second-order valence-electron chi connectivity index (χ2n) is 3.11. The average molecular weight is 250 g/mol. The van der Waals surface area contributed by atoms with Gasteiger partial charge in [0.2, 0.25) is 19.0 Å². The Balaban J connectivity index is 1.73. The Labute approximate surface area is 100 Å². The summed E-state index contributed by atoms with van der Waals surface area (Å²) >= 11 is 0. The molecule has 3 heterocycles. The monoisotopic (exact) mass is 250 g/mol. The second kappa shape index (κ2) is 4.89. The van der Waals surface area contributed by atoms with Gasteiger partial charge in [0.15, 0.2) is 18.8 Å². The van der Waals surface area contributed by atoms with Crippen molar-refractivity contribution in [2.24, 2.45) is 4.99 Å². The first-order valence-corrected chi connectivity index (χ1v) is 4.85. The summed E-state index contributed by atoms with van der Waals surface area (Å²) in [5.41, 5.74) is 0. The van der Waals surface area contributed by atoms with E-state index in [0.29, 0.717) is 5.89 Å². The van der Waals surface area contributed by atoms with Crippen molar-refractivity contribution < 1.29 is 18.7 Å². The number of rotatable bonds is 5. The molecule has 2 aromatic heterocycles. The van der Waals surface area contributed by atoms with E-state index in [4.69, 9.17) is 18.7 Å². The van der Waals surface area contributed by atoms with Crippen LogP contribution in [0.1, 0.15) is 17.9 Å². The van der Waals surface area contributed by atoms with E-state index in [9.17, 15) is 0 Å². The van der Waals surface area contributed by atoms with E-state index in [0.717, 1.165) is 12.0 Å². The maximum Gasteiger partial charge on any atom is 0.258 e. The van der Waals surface area contributed by atoms with Crippen molar-refractivity contribution in [2.45, 2.75) is 12.5 Å². The topological polar surface area (TPSA) is 112 Å². The lowest BCUT2D eigenvalue weighted by Crippen LogP contribution is -2.22. The van der Waals surface area contributed by atoms with Gasteiger partial charge in [-0.1, -0.05) is 15.5 Å². The third kappa shape index (κ3) is 2.33. The van der Waals surface area contributed by atoms with Gasteiger partial charge >= 0.3 is 0 Å². The van der Waals surface area contributed by atoms with Crippen LogP contribution in [0.3, 0.4) is 0 Å². The highest BCUT2D eigenvalue weighted by molar-refractivity contribution is 5.53. The lowest BCUT2D eigenvalue weighted by molar-refractivity contribution is -0.315. The number of aromatic nitrogens is 4. The molecule has 0 saturated carbocycles. The van der Waals surface area contributed by atoms with E-state index < -0.39 is 6.10 Å². The summed E-state index contributed by atoms with van der Waals surface area (Å²) < 4.78 is 9.81. The van der Waals surface area contributed by atoms with E-state index in [1.54, 1.807) is 0 Å². The number of hydrogen-bond acceptors (Lipinski definition) is 10. The summed E-state index contributed by atoms with van der Waals surface area (Å²) in [4.78, 5) is 21.6. The summed E-state index contributed by atoms with van der Waals surface area (Å²) in [6.45, 7) is 1.16. The van der Waals surface area contributed by atoms with Crippen LogP contribution < -0.4 is 0 Å². The Morgan fingerprint density at radius 3 is 2.83 bits per heavy atom. The van der Waals surface area contributed by atoms with Crippen molar-refractivity contribution in [3.8, 4) is 0 Å². The molecule has 3 rings (SSSR count). The van der Waals surface area contributed by atoms with Crippen LogP contribution in [0, 0.1) is 6.73 Å². The fraction of sp³-hybridized carbons (Fsp3) is 0.250. The van der Waals surface area contributed by atoms with E-state index in [1.165, 1.54) is 12.7 Å². The summed E-state index contributed by atoms with van der Waals surface area (Å²) in [5, 5.41) is 7.93. The molecule has 92 valence electrons. The molecule has 1 aliphatic heterocycles. The highest BCUT2D eigenvalue weighted by Crippen LogP contribution is 2.21. The van der Waals surface area contributed by atoms with Crippen molar-refractivity contribution >= 4 is 6.34 Å². The lowest BCUT2D eigenvalue weighted by atomic mass is 10.2. The smallest absolute Gasteiger partial charge is 0.258 e. The first-order chi connectivity index (χ1) is 8.92. The molecule has 0 N–H and O–H groups in total. The molecule has 0 bridgehead atoms. The Bertz CT molecular complexity index is 498. The van der Waals surface area contributed by atoms with Crippen molar-refractivity contribution in [1.29, 1.82) is 0 Å². The maximum absolute atomic E-state index is 5.38. The molecule has 2 aromatic rings. The largest absolute Gasteiger partial charge is 0.340 e. The number of hydroxylamine groups is 2. The van der Waals surface area contributed by atoms with Gasteiger partial charge in [0, 0.05) is 0 Å². The SMILES string of the molecule is [C]1=N[CH]ON1OC(Cc1ncno1)c1ncno1. The molecule has 0 spiro atoms. The number of aliphatic imine (C=N–C) groups is 1. The van der Waals surface area contributed by atoms with Crippen LogP contribution in [-0.4, -0.2) is 31.8 Å². The van der Waals surface area contributed by atoms with Crippen molar-refractivity contribution in [2.75, 3.05) is 0 Å². The zero-order valence-corrected chi connectivity index (χ0v) is 8.83. The van der Waals surface area contributed by atoms with Crippen LogP contribution in [0.25, 0.3) is 0 Å². The van der Waals surface area contributed by atoms with Crippen LogP contribution in [0.5, 0.6) is 0 Å². The van der Waals surface area contributed by atoms with E-state index in [2.05, 4.69) is 31.6 Å². The first kappa shape index (κ1) is 10.8. The van der Waals surface area contributed by atoms with Gasteiger partial charge in [0.1, 0.15) is 0 Å². The molecule has 0 saturated heterocycles. The zero-order valence-electron chi connectivity index (χ0n) is 8.83. The van der Waals surface area contributed by atoms with Gasteiger partial charge in [-0.05, 0) is 0 Å². The maximum atomic E-state index is 5.38. The van der Waals surface area contributed by atoms with Gasteiger partial charge in [-0.3, -0.25) is 0 Å². The predicted molar refractivity (Wildman–Crippen MR) is 50.8 cm³/mol. The molecule has 2 radical (unpaired) electrons. The van der Waals surface area contributed by atoms with Gasteiger partial charge in [-0.25, -0.2) is 14.7 Å². The fourth-order valence-electron chi connectivity index (χ4n) is 1.26. The summed E-state index contributed by atoms with van der Waals surface area (Å²) in [5.74, 6) is 0.601. The molecule has 1 atom stereocenters. The van der Waals surface area contributed by atoms with Gasteiger partial charge in [-0.2, -0.15) is 9.97 Å². The fourth-order valence-corrected chi connectivity index (χ4v) is 1.26. The van der Waals surface area contributed by atoms with Gasteiger partial charge in [0.05, 0.1) is 6.42 Å². The third-order valence-corrected chi connectivity index (χ3v) is 1.98. The average Bonchev–Trinajstić information content (AvgIpc) is 3.13. The minimum Gasteiger partial charge on any atom is -0.340 e. The van der Waals surface area contributed by atoms with Gasteiger partial charge < -0.3 is 9.05 Å². The molecule has 0 fully saturated rings. The number of nitrogens with zero attached hydrogens (tertiary/aromatic N) is 6. The van der Waals surface area contributed by atoms with Crippen LogP contribution in [-0.2, 0) is 16.1 Å². The lowest BCUT2D eigenvalue weighted by Gasteiger charge is -2.16. The Morgan fingerprint density at radius 1 is 1.28 bits per heavy atom. The summed E-state index contributed by atoms with van der Waals surface area (Å²) in [7, 11) is 0. The predicted octanol–water partition coefficient (Wildman–Crippen LogP) is -0.0602. The van der Waals surface area contributed by atoms with Crippen molar-refractivity contribution in [1.82, 2.24) is 25.5 Å². The zero-order chi connectivity index (χ0) is 12.2. The molecule has 1 unspecified atom stereocenters. The van der Waals surface area contributed by atoms with Gasteiger partial charge in [-0.15, -0.1) is 0 Å². The Morgan fingerprint density at radius 2 is 2.17 bits per heavy atom. The summed E-state index contributed by atoms with van der Waals surface area (Å²) in [6.07, 6.45) is 4.56. The highest BCUT2D eigenvalue weighted by Gasteiger charge is 2.26. The van der Waals surface area contributed by atoms with Crippen LogP contribution in [0.4, 0.5) is 0 Å². The first-order valence-electron chi connectivity index (χ1n) is 4.85. The van der Waals surface area contributed by atoms with Crippen molar-refractivity contribution in [3.05, 3.63) is 31.2 Å². The quantitative estimate of drug-likeness (QED) is 0.719. The minimum absolute atomic E-state index is 0.240. The molecule has 0 amide bonds. The molecule has 10 nitrogen and oxygen atoms in total. The molecular weight excluding hydrogens is 244 g/mol. The normalized spacial score (nSPS) is 16.3. The molecule has 0 aromatic carbocycles. The Kier molecular flexibility index (Phi) is 2.94. The van der Waals surface area contributed by atoms with Crippen molar-refractivity contribution in [3.63, 3.8) is 0 Å². The highest BCUT2D eigenvalue weighted by atomic mass is 17.0. The van der Waals surface area contributed by atoms with Gasteiger partial charge in [0.25, 0.3) is 5.89 Å². The van der Waals surface area contributed by atoms with E-state index in [-0.39, 0.29) is 12.3 Å². The molecule has 10 heteroatoms. The number of hydrogen-bond donors (Lipinski definition) is 0. The minimum atomic E-state index is -0.651. The van der Waals surface area contributed by atoms with Crippen LogP contribution in [0.15, 0.2) is 26.7 Å². The van der Waals surface area contributed by atoms with Crippen LogP contribution in [0.2, 0.25) is 0 Å². The Hall–Kier alpha value is -2.33. The molecule has 0 aliphatic carbocycles. The molecule has 1 aliphatic rings.